The van der Waals surface area contributed by atoms with Crippen LogP contribution in [0.25, 0.3) is 32.2 Å². The second-order valence-electron chi connectivity index (χ2n) is 16.6. The largest absolute Gasteiger partial charge is 0.465 e. The molecule has 4 saturated heterocycles. The molecule has 2 amide bonds. The number of benzene rings is 1. The smallest absolute Gasteiger partial charge is 0.412 e. The van der Waals surface area contributed by atoms with Gasteiger partial charge in [0.2, 0.25) is 0 Å². The van der Waals surface area contributed by atoms with Crippen LogP contribution in [0.1, 0.15) is 75.1 Å². The van der Waals surface area contributed by atoms with Crippen LogP contribution in [0.5, 0.6) is 6.01 Å². The van der Waals surface area contributed by atoms with Crippen molar-refractivity contribution in [3.05, 3.63) is 34.3 Å². The van der Waals surface area contributed by atoms with Gasteiger partial charge in [0.05, 0.1) is 35.4 Å². The molecule has 4 aromatic rings. The molecule has 9 rings (SSSR count). The quantitative estimate of drug-likeness (QED) is 0.208. The van der Waals surface area contributed by atoms with Crippen LogP contribution >= 0.6 is 11.3 Å². The van der Waals surface area contributed by atoms with Gasteiger partial charge < -0.3 is 29.1 Å². The minimum absolute atomic E-state index is 0.0174. The number of thiophene rings is 1. The third kappa shape index (κ3) is 5.95. The number of hydrogen-bond donors (Lipinski definition) is 2. The van der Waals surface area contributed by atoms with Crippen molar-refractivity contribution in [2.75, 3.05) is 43.0 Å². The first kappa shape index (κ1) is 36.7. The van der Waals surface area contributed by atoms with Gasteiger partial charge in [-0.1, -0.05) is 0 Å². The number of nitrogens with zero attached hydrogens (tertiary/aromatic N) is 7. The van der Waals surface area contributed by atoms with Crippen LogP contribution in [0.2, 0.25) is 0 Å². The molecule has 2 bridgehead atoms. The number of rotatable bonds is 6. The number of nitriles is 1. The topological polar surface area (TPSA) is 166 Å². The fourth-order valence-corrected chi connectivity index (χ4v) is 10.6. The molecule has 0 saturated carbocycles. The standard InChI is InChI=1S/C39H42F2N8O6S/c1-19-12-43-30(27-23(11-42)34(56-32(19)27)46-36(50)55-38(2,3)4)26-24-16-53-17-25(24)28-31(29(26)41)44-35(54-18-39-8-5-9-48(39)13-20(40)10-39)45-33(28)49-21-6-7-22(49)15-47(14-21)37(51)52/h12,20-22H,5-10,13-18H2,1-4H3,(H,46,50)(H,51,52)/t20-,21?,22?,39+/m1/s1. The van der Waals surface area contributed by atoms with E-state index in [0.717, 1.165) is 37.8 Å². The number of ether oxygens (including phenoxy) is 3. The average Bonchev–Trinajstić information content (AvgIpc) is 3.95. The van der Waals surface area contributed by atoms with Crippen molar-refractivity contribution in [1.29, 1.82) is 5.26 Å². The first-order chi connectivity index (χ1) is 26.7. The van der Waals surface area contributed by atoms with E-state index in [1.54, 1.807) is 27.0 Å². The molecule has 8 heterocycles. The Hall–Kier alpha value is -4.92. The van der Waals surface area contributed by atoms with Crippen molar-refractivity contribution < 1.29 is 37.7 Å². The van der Waals surface area contributed by atoms with Gasteiger partial charge >= 0.3 is 18.2 Å². The van der Waals surface area contributed by atoms with E-state index in [-0.39, 0.29) is 78.3 Å². The molecule has 4 fully saturated rings. The number of likely N-dealkylation sites (tertiary alicyclic amines) is 1. The summed E-state index contributed by atoms with van der Waals surface area (Å²) in [6, 6.07) is 1.75. The Morgan fingerprint density at radius 2 is 1.91 bits per heavy atom. The molecule has 5 aliphatic heterocycles. The van der Waals surface area contributed by atoms with Crippen LogP contribution in [0.4, 0.5) is 29.2 Å². The summed E-state index contributed by atoms with van der Waals surface area (Å²) in [6.07, 6.45) is 2.40. The molecule has 1 aromatic carbocycles. The first-order valence-corrected chi connectivity index (χ1v) is 19.8. The molecule has 17 heteroatoms. The van der Waals surface area contributed by atoms with E-state index < -0.39 is 35.3 Å². The van der Waals surface area contributed by atoms with Crippen LogP contribution in [0, 0.1) is 24.1 Å². The van der Waals surface area contributed by atoms with E-state index in [2.05, 4.69) is 21.2 Å². The molecule has 0 spiro atoms. The van der Waals surface area contributed by atoms with Crippen LogP contribution in [0.3, 0.4) is 0 Å². The SMILES string of the molecule is Cc1cnc(-c2c3c(c4c(N5C6CCC5CN(C(=O)O)C6)nc(OC[C@@]56CCCN5C[C@H](F)C6)nc4c2F)COC3)c2c(C#N)c(NC(=O)OC(C)(C)C)sc12. The highest BCUT2D eigenvalue weighted by atomic mass is 32.1. The number of nitrogens with one attached hydrogen (secondary N) is 1. The Balaban J connectivity index is 1.22. The Labute approximate surface area is 325 Å². The van der Waals surface area contributed by atoms with Gasteiger partial charge in [0, 0.05) is 60.0 Å². The number of alkyl halides is 1. The summed E-state index contributed by atoms with van der Waals surface area (Å²) in [7, 11) is 0. The number of fused-ring (bicyclic) bond motifs is 7. The summed E-state index contributed by atoms with van der Waals surface area (Å²) >= 11 is 1.18. The van der Waals surface area contributed by atoms with Crippen LogP contribution in [-0.2, 0) is 22.7 Å². The number of anilines is 2. The highest BCUT2D eigenvalue weighted by Crippen LogP contribution is 2.49. The number of carbonyl (C=O) groups is 2. The summed E-state index contributed by atoms with van der Waals surface area (Å²) in [5.41, 5.74) is 1.10. The van der Waals surface area contributed by atoms with E-state index >= 15 is 4.39 Å². The number of carboxylic acid groups (broad SMARTS) is 1. The van der Waals surface area contributed by atoms with Crippen molar-refractivity contribution in [3.63, 3.8) is 0 Å². The summed E-state index contributed by atoms with van der Waals surface area (Å²) in [6.45, 7) is 9.02. The molecular formula is C39H42F2N8O6S. The van der Waals surface area contributed by atoms with Gasteiger partial charge in [0.25, 0.3) is 0 Å². The normalized spacial score (nSPS) is 24.5. The lowest BCUT2D eigenvalue weighted by Crippen LogP contribution is -2.55. The maximum absolute atomic E-state index is 17.8. The van der Waals surface area contributed by atoms with Crippen molar-refractivity contribution in [3.8, 4) is 23.3 Å². The molecule has 5 aliphatic rings. The summed E-state index contributed by atoms with van der Waals surface area (Å²) < 4.78 is 51.1. The van der Waals surface area contributed by atoms with Gasteiger partial charge in [0.15, 0.2) is 5.82 Å². The van der Waals surface area contributed by atoms with Crippen molar-refractivity contribution >= 4 is 55.3 Å². The minimum atomic E-state index is -0.988. The Bertz CT molecular complexity index is 2350. The number of aromatic nitrogens is 3. The van der Waals surface area contributed by atoms with E-state index in [9.17, 15) is 24.3 Å². The van der Waals surface area contributed by atoms with E-state index in [1.165, 1.54) is 16.2 Å². The number of carbonyl (C=O) groups excluding carboxylic acids is 1. The number of amides is 2. The lowest BCUT2D eigenvalue weighted by atomic mass is 9.92. The van der Waals surface area contributed by atoms with Crippen LogP contribution in [0.15, 0.2) is 6.20 Å². The predicted octanol–water partition coefficient (Wildman–Crippen LogP) is 6.89. The zero-order valence-corrected chi connectivity index (χ0v) is 32.4. The highest BCUT2D eigenvalue weighted by molar-refractivity contribution is 7.23. The number of aryl methyl sites for hydroxylation is 1. The van der Waals surface area contributed by atoms with Crippen molar-refractivity contribution in [1.82, 2.24) is 24.8 Å². The number of hydrogen-bond acceptors (Lipinski definition) is 12. The third-order valence-electron chi connectivity index (χ3n) is 11.8. The Morgan fingerprint density at radius 3 is 2.62 bits per heavy atom. The van der Waals surface area contributed by atoms with Gasteiger partial charge in [-0.25, -0.2) is 18.4 Å². The first-order valence-electron chi connectivity index (χ1n) is 19.0. The maximum Gasteiger partial charge on any atom is 0.412 e. The van der Waals surface area contributed by atoms with Crippen molar-refractivity contribution in [2.45, 2.75) is 102 Å². The molecular weight excluding hydrogens is 747 g/mol. The molecule has 0 aliphatic carbocycles. The van der Waals surface area contributed by atoms with E-state index in [4.69, 9.17) is 29.2 Å². The molecule has 2 unspecified atom stereocenters. The molecule has 14 nitrogen and oxygen atoms in total. The van der Waals surface area contributed by atoms with Gasteiger partial charge in [-0.3, -0.25) is 15.2 Å². The zero-order valence-electron chi connectivity index (χ0n) is 31.6. The molecule has 2 N–H and O–H groups in total. The molecule has 294 valence electrons. The Kier molecular flexibility index (Phi) is 8.75. The Morgan fingerprint density at radius 1 is 1.16 bits per heavy atom. The summed E-state index contributed by atoms with van der Waals surface area (Å²) in [4.78, 5) is 45.0. The molecule has 56 heavy (non-hydrogen) atoms. The monoisotopic (exact) mass is 788 g/mol. The number of pyridine rings is 1. The number of halogens is 2. The minimum Gasteiger partial charge on any atom is -0.465 e. The second-order valence-corrected chi connectivity index (χ2v) is 17.6. The van der Waals surface area contributed by atoms with Gasteiger partial charge in [-0.2, -0.15) is 15.2 Å². The van der Waals surface area contributed by atoms with Gasteiger partial charge in [-0.05, 0) is 76.6 Å². The second kappa shape index (κ2) is 13.3. The zero-order chi connectivity index (χ0) is 39.3. The lowest BCUT2D eigenvalue weighted by molar-refractivity contribution is 0.0636. The van der Waals surface area contributed by atoms with Crippen LogP contribution in [-0.4, -0.2) is 104 Å². The summed E-state index contributed by atoms with van der Waals surface area (Å²) in [5, 5.41) is 24.2. The summed E-state index contributed by atoms with van der Waals surface area (Å²) in [5.74, 6) is -0.251. The highest BCUT2D eigenvalue weighted by Gasteiger charge is 2.50. The van der Waals surface area contributed by atoms with Crippen molar-refractivity contribution in [2.24, 2.45) is 0 Å². The van der Waals surface area contributed by atoms with Crippen LogP contribution < -0.4 is 15.0 Å². The van der Waals surface area contributed by atoms with Gasteiger partial charge in [-0.15, -0.1) is 11.3 Å². The molecule has 0 radical (unpaired) electrons. The lowest BCUT2D eigenvalue weighted by Gasteiger charge is -2.41. The van der Waals surface area contributed by atoms with Gasteiger partial charge in [0.1, 0.15) is 40.8 Å². The maximum atomic E-state index is 17.8. The van der Waals surface area contributed by atoms with E-state index in [0.29, 0.717) is 45.4 Å². The average molecular weight is 789 g/mol. The third-order valence-corrected chi connectivity index (χ3v) is 13.1. The fraction of sp³-hybridized carbons (Fsp3) is 0.538. The molecule has 4 atom stereocenters. The predicted molar refractivity (Wildman–Crippen MR) is 203 cm³/mol. The fourth-order valence-electron chi connectivity index (χ4n) is 9.54. The molecule has 3 aromatic heterocycles. The number of piperazine rings is 1. The van der Waals surface area contributed by atoms with E-state index in [1.807, 2.05) is 6.92 Å².